The van der Waals surface area contributed by atoms with Gasteiger partial charge in [0.25, 0.3) is 0 Å². The van der Waals surface area contributed by atoms with Crippen LogP contribution in [0.4, 0.5) is 0 Å². The summed E-state index contributed by atoms with van der Waals surface area (Å²) in [4.78, 5) is 43.9. The van der Waals surface area contributed by atoms with Crippen LogP contribution in [0.3, 0.4) is 0 Å². The molecule has 0 unspecified atom stereocenters. The molecule has 0 fully saturated rings. The third-order valence-corrected chi connectivity index (χ3v) is 28.9. The summed E-state index contributed by atoms with van der Waals surface area (Å²) in [5.74, 6) is 3.25. The fourth-order valence-electron chi connectivity index (χ4n) is 21.5. The monoisotopic (exact) mass is 1830 g/mol. The molecule has 0 bridgehead atoms. The van der Waals surface area contributed by atoms with E-state index in [4.69, 9.17) is 34.9 Å². The molecule has 0 atom stereocenters. The van der Waals surface area contributed by atoms with E-state index in [2.05, 4.69) is 458 Å². The SMILES string of the molecule is CC1(C)c2cccc(-c3cccc(-c4cc(-c5ccccc5)nc(-c5ccc(-c6ccccc6)cc5)n4)c3)c2-c2c1ccc1ccccc21.CC1(C)c2cccc(-c3cccc(-c4cc(-c5cccnc5)nc(-c5ccc(-c6ccccc6)cc5)n4)c3)c2-c2ccc3ccccc3c21.CC1(C)c2ccccc2-c2ccc(-c3ccc(-c4nc(-c5ccc(-c6ccccc6)cc5)nc(-c5cccnc5)n4)cc3)cc21. The van der Waals surface area contributed by atoms with Crippen molar-refractivity contribution in [3.63, 3.8) is 0 Å². The van der Waals surface area contributed by atoms with E-state index in [9.17, 15) is 0 Å². The van der Waals surface area contributed by atoms with Gasteiger partial charge in [0.05, 0.1) is 22.8 Å². The highest BCUT2D eigenvalue weighted by molar-refractivity contribution is 6.07. The van der Waals surface area contributed by atoms with Crippen molar-refractivity contribution < 1.29 is 0 Å². The second kappa shape index (κ2) is 36.7. The molecule has 0 amide bonds. The van der Waals surface area contributed by atoms with Crippen molar-refractivity contribution in [2.24, 2.45) is 0 Å². The number of aromatic nitrogens is 9. The maximum absolute atomic E-state index is 5.20. The molecule has 3 aliphatic rings. The van der Waals surface area contributed by atoms with Crippen molar-refractivity contribution in [2.75, 3.05) is 0 Å². The molecular weight excluding hydrogens is 1740 g/mol. The molecule has 0 spiro atoms. The maximum atomic E-state index is 5.20. The van der Waals surface area contributed by atoms with Gasteiger partial charge >= 0.3 is 0 Å². The van der Waals surface area contributed by atoms with Crippen LogP contribution < -0.4 is 0 Å². The lowest BCUT2D eigenvalue weighted by Gasteiger charge is -2.23. The van der Waals surface area contributed by atoms with Crippen molar-refractivity contribution in [1.29, 1.82) is 0 Å². The molecule has 26 rings (SSSR count). The highest BCUT2D eigenvalue weighted by Gasteiger charge is 2.41. The van der Waals surface area contributed by atoms with Gasteiger partial charge in [-0.25, -0.2) is 34.9 Å². The molecule has 0 saturated heterocycles. The van der Waals surface area contributed by atoms with Crippen LogP contribution >= 0.6 is 0 Å². The Labute approximate surface area is 833 Å². The molecule has 3 aliphatic carbocycles. The Morgan fingerprint density at radius 1 is 0.161 bits per heavy atom. The summed E-state index contributed by atoms with van der Waals surface area (Å²) in [7, 11) is 0. The number of rotatable bonds is 15. The van der Waals surface area contributed by atoms with E-state index in [1.165, 1.54) is 138 Å². The molecule has 678 valence electrons. The zero-order valence-corrected chi connectivity index (χ0v) is 80.1. The molecule has 0 radical (unpaired) electrons. The third-order valence-electron chi connectivity index (χ3n) is 28.9. The number of nitrogens with zero attached hydrogens (tertiary/aromatic N) is 9. The lowest BCUT2D eigenvalue weighted by molar-refractivity contribution is 0.660. The Bertz CT molecular complexity index is 8770. The summed E-state index contributed by atoms with van der Waals surface area (Å²) in [6.45, 7) is 14.1. The average molecular weight is 1830 g/mol. The van der Waals surface area contributed by atoms with Gasteiger partial charge in [-0.2, -0.15) is 0 Å². The molecule has 9 heteroatoms. The average Bonchev–Trinajstić information content (AvgIpc) is 1.56. The molecule has 5 heterocycles. The van der Waals surface area contributed by atoms with E-state index in [1.807, 2.05) is 54.7 Å². The second-order valence-corrected chi connectivity index (χ2v) is 38.7. The Hall–Kier alpha value is -18.1. The lowest BCUT2D eigenvalue weighted by Crippen LogP contribution is -2.15. The quantitative estimate of drug-likeness (QED) is 0.0989. The fourth-order valence-corrected chi connectivity index (χ4v) is 21.5. The smallest absolute Gasteiger partial charge is 0.165 e. The van der Waals surface area contributed by atoms with Gasteiger partial charge in [-0.3, -0.25) is 9.97 Å². The summed E-state index contributed by atoms with van der Waals surface area (Å²) in [6, 6.07) is 161. The van der Waals surface area contributed by atoms with Gasteiger partial charge in [0.1, 0.15) is 0 Å². The number of fused-ring (bicyclic) bond motifs is 13. The molecule has 143 heavy (non-hydrogen) atoms. The van der Waals surface area contributed by atoms with E-state index in [-0.39, 0.29) is 16.2 Å². The highest BCUT2D eigenvalue weighted by Crippen LogP contribution is 2.58. The molecule has 0 saturated carbocycles. The summed E-state index contributed by atoms with van der Waals surface area (Å²) in [5.41, 5.74) is 42.6. The second-order valence-electron chi connectivity index (χ2n) is 38.7. The molecule has 0 aliphatic heterocycles. The van der Waals surface area contributed by atoms with E-state index in [1.54, 1.807) is 18.6 Å². The van der Waals surface area contributed by atoms with Gasteiger partial charge in [-0.1, -0.05) is 442 Å². The predicted octanol–water partition coefficient (Wildman–Crippen LogP) is 33.8. The zero-order valence-electron chi connectivity index (χ0n) is 80.1. The van der Waals surface area contributed by atoms with Crippen molar-refractivity contribution in [2.45, 2.75) is 57.8 Å². The molecule has 23 aromatic rings. The Morgan fingerprint density at radius 2 is 0.483 bits per heavy atom. The first-order valence-corrected chi connectivity index (χ1v) is 48.9. The van der Waals surface area contributed by atoms with Crippen molar-refractivity contribution in [1.82, 2.24) is 44.9 Å². The first-order valence-electron chi connectivity index (χ1n) is 48.9. The number of benzene rings is 18. The van der Waals surface area contributed by atoms with Gasteiger partial charge in [0.15, 0.2) is 29.1 Å². The first kappa shape index (κ1) is 87.7. The summed E-state index contributed by atoms with van der Waals surface area (Å²) in [5, 5.41) is 5.19. The largest absolute Gasteiger partial charge is 0.264 e. The first-order chi connectivity index (χ1) is 70.1. The fraction of sp³-hybridized carbons (Fsp3) is 0.0672. The minimum atomic E-state index is -0.116. The number of pyridine rings is 2. The normalized spacial score (nSPS) is 12.9. The standard InChI is InChI=1S/C47H34N2.C46H33N3.C41H30N4/c1-47(2)40-22-12-21-39(45(40)44-38-20-10-9-15-33(38)27-28-41(44)47)36-18-11-19-37(29-36)43-30-42(34-16-7-4-8-17-34)48-46(49-43)35-25-23-32(24-26-35)31-13-5-3-6-14-31;1-46(2)40-19-9-18-37(43(40)39-25-24-32-13-6-7-17-38(32)44(39)46)34-14-8-15-35(27-34)41-28-42(36-16-10-26-47-29-36)49-45(48-41)33-22-20-31(21-23-33)30-11-4-3-5-12-30;1-41(2)36-13-7-6-12-34(36)35-23-22-32(25-37(35)41)29-16-20-31(21-17-29)39-43-38(44-40(45-39)33-11-8-24-42-26-33)30-18-14-28(15-19-30)27-9-4-3-5-10-27/h3-30H,1-2H3;3-29H,1-2H3;3-26H,1-2H3. The van der Waals surface area contributed by atoms with Crippen molar-refractivity contribution in [3.05, 3.63) is 513 Å². The molecule has 18 aromatic carbocycles. The van der Waals surface area contributed by atoms with Gasteiger partial charge in [-0.05, 0) is 210 Å². The van der Waals surface area contributed by atoms with Crippen LogP contribution in [0.25, 0.3) is 224 Å². The highest BCUT2D eigenvalue weighted by atomic mass is 15.0. The van der Waals surface area contributed by atoms with Crippen molar-refractivity contribution >= 4 is 21.5 Å². The number of hydrogen-bond donors (Lipinski definition) is 0. The van der Waals surface area contributed by atoms with Crippen LogP contribution in [0.15, 0.2) is 480 Å². The Balaban J connectivity index is 0.000000116. The van der Waals surface area contributed by atoms with Gasteiger partial charge in [-0.15, -0.1) is 0 Å². The van der Waals surface area contributed by atoms with E-state index < -0.39 is 0 Å². The van der Waals surface area contributed by atoms with E-state index >= 15 is 0 Å². The van der Waals surface area contributed by atoms with Gasteiger partial charge < -0.3 is 0 Å². The Kier molecular flexibility index (Phi) is 22.5. The minimum Gasteiger partial charge on any atom is -0.264 e. The number of hydrogen-bond acceptors (Lipinski definition) is 9. The van der Waals surface area contributed by atoms with E-state index in [0.29, 0.717) is 29.1 Å². The van der Waals surface area contributed by atoms with Crippen LogP contribution in [-0.4, -0.2) is 44.9 Å². The molecular formula is C134H97N9. The third kappa shape index (κ3) is 16.5. The molecule has 9 nitrogen and oxygen atoms in total. The Morgan fingerprint density at radius 3 is 0.993 bits per heavy atom. The van der Waals surface area contributed by atoms with Gasteiger partial charge in [0, 0.05) is 91.1 Å². The van der Waals surface area contributed by atoms with Crippen molar-refractivity contribution in [3.8, 4) is 202 Å². The van der Waals surface area contributed by atoms with E-state index in [0.717, 1.165) is 89.5 Å². The zero-order chi connectivity index (χ0) is 96.3. The van der Waals surface area contributed by atoms with Crippen LogP contribution in [0.5, 0.6) is 0 Å². The summed E-state index contributed by atoms with van der Waals surface area (Å²) >= 11 is 0. The summed E-state index contributed by atoms with van der Waals surface area (Å²) < 4.78 is 0. The van der Waals surface area contributed by atoms with Gasteiger partial charge in [0.2, 0.25) is 0 Å². The van der Waals surface area contributed by atoms with Crippen LogP contribution in [0.1, 0.15) is 74.9 Å². The topological polar surface area (TPSA) is 116 Å². The lowest BCUT2D eigenvalue weighted by atomic mass is 9.80. The van der Waals surface area contributed by atoms with Crippen LogP contribution in [-0.2, 0) is 16.2 Å². The molecule has 0 N–H and O–H groups in total. The van der Waals surface area contributed by atoms with Crippen LogP contribution in [0.2, 0.25) is 0 Å². The summed E-state index contributed by atoms with van der Waals surface area (Å²) in [6.07, 6.45) is 7.20. The predicted molar refractivity (Wildman–Crippen MR) is 589 cm³/mol. The van der Waals surface area contributed by atoms with Crippen LogP contribution in [0, 0.1) is 0 Å². The molecule has 5 aromatic heterocycles. The maximum Gasteiger partial charge on any atom is 0.165 e. The minimum absolute atomic E-state index is 0.0366.